The average molecular weight is 371 g/mol. The summed E-state index contributed by atoms with van der Waals surface area (Å²) in [5.74, 6) is 1.97. The average Bonchev–Trinajstić information content (AvgIpc) is 3.33. The van der Waals surface area contributed by atoms with Crippen molar-refractivity contribution >= 4 is 17.0 Å². The number of ether oxygens (including phenoxy) is 2. The topological polar surface area (TPSA) is 63.9 Å². The number of aliphatic imine (C=N–C) groups is 1. The molecule has 4 rings (SSSR count). The number of morpholine rings is 1. The predicted octanol–water partition coefficient (Wildman–Crippen LogP) is 1.80. The van der Waals surface area contributed by atoms with Crippen molar-refractivity contribution in [3.8, 4) is 0 Å². The molecule has 7 nitrogen and oxygen atoms in total. The molecular formula is C20H29N5O2. The van der Waals surface area contributed by atoms with E-state index in [0.717, 1.165) is 69.5 Å². The summed E-state index contributed by atoms with van der Waals surface area (Å²) >= 11 is 0. The van der Waals surface area contributed by atoms with Crippen LogP contribution in [0.4, 0.5) is 0 Å². The van der Waals surface area contributed by atoms with Gasteiger partial charge in [0.05, 0.1) is 23.7 Å². The Labute approximate surface area is 160 Å². The quantitative estimate of drug-likeness (QED) is 0.656. The molecule has 2 aliphatic rings. The van der Waals surface area contributed by atoms with E-state index in [1.165, 1.54) is 5.52 Å². The van der Waals surface area contributed by atoms with Crippen molar-refractivity contribution < 1.29 is 9.47 Å². The van der Waals surface area contributed by atoms with Crippen molar-refractivity contribution in [1.29, 1.82) is 0 Å². The Kier molecular flexibility index (Phi) is 5.59. The van der Waals surface area contributed by atoms with Gasteiger partial charge in [-0.25, -0.2) is 4.98 Å². The number of imidazole rings is 1. The number of aryl methyl sites for hydroxylation is 1. The van der Waals surface area contributed by atoms with Crippen LogP contribution in [-0.4, -0.2) is 72.5 Å². The minimum absolute atomic E-state index is 0.139. The molecule has 2 saturated heterocycles. The van der Waals surface area contributed by atoms with Gasteiger partial charge in [0.2, 0.25) is 0 Å². The standard InChI is InChI=1S/C20H29N5O2/c1-15-23-16-6-3-4-7-17(16)25(15)10-9-22-20(21-2)24-11-13-27-19(14-24)18-8-5-12-26-18/h3-4,6-7,18-19H,5,8-14H2,1-2H3,(H,21,22). The van der Waals surface area contributed by atoms with Crippen molar-refractivity contribution in [2.24, 2.45) is 4.99 Å². The van der Waals surface area contributed by atoms with E-state index in [4.69, 9.17) is 9.47 Å². The summed E-state index contributed by atoms with van der Waals surface area (Å²) in [7, 11) is 1.84. The maximum Gasteiger partial charge on any atom is 0.193 e. The number of hydrogen-bond donors (Lipinski definition) is 1. The lowest BCUT2D eigenvalue weighted by molar-refractivity contribution is -0.0816. The molecule has 0 aliphatic carbocycles. The number of nitrogens with one attached hydrogen (secondary N) is 1. The van der Waals surface area contributed by atoms with E-state index in [1.54, 1.807) is 0 Å². The second-order valence-corrected chi connectivity index (χ2v) is 7.18. The molecule has 2 aromatic rings. The Morgan fingerprint density at radius 2 is 2.11 bits per heavy atom. The molecule has 1 N–H and O–H groups in total. The van der Waals surface area contributed by atoms with Gasteiger partial charge in [-0.15, -0.1) is 0 Å². The molecular weight excluding hydrogens is 342 g/mol. The van der Waals surface area contributed by atoms with Crippen LogP contribution in [0.25, 0.3) is 11.0 Å². The van der Waals surface area contributed by atoms with E-state index in [2.05, 4.69) is 49.9 Å². The maximum absolute atomic E-state index is 5.95. The normalized spacial score (nSPS) is 23.9. The molecule has 2 aliphatic heterocycles. The lowest BCUT2D eigenvalue weighted by Crippen LogP contribution is -2.53. The first kappa shape index (κ1) is 18.3. The largest absolute Gasteiger partial charge is 0.375 e. The zero-order valence-corrected chi connectivity index (χ0v) is 16.2. The van der Waals surface area contributed by atoms with Crippen LogP contribution in [-0.2, 0) is 16.0 Å². The fourth-order valence-corrected chi connectivity index (χ4v) is 4.08. The van der Waals surface area contributed by atoms with E-state index in [0.29, 0.717) is 0 Å². The van der Waals surface area contributed by atoms with Crippen molar-refractivity contribution in [3.63, 3.8) is 0 Å². The molecule has 2 unspecified atom stereocenters. The highest BCUT2D eigenvalue weighted by Crippen LogP contribution is 2.21. The van der Waals surface area contributed by atoms with Gasteiger partial charge in [0.25, 0.3) is 0 Å². The van der Waals surface area contributed by atoms with Gasteiger partial charge < -0.3 is 24.3 Å². The molecule has 1 aromatic heterocycles. The van der Waals surface area contributed by atoms with Crippen LogP contribution < -0.4 is 5.32 Å². The highest BCUT2D eigenvalue weighted by molar-refractivity contribution is 5.80. The van der Waals surface area contributed by atoms with Crippen molar-refractivity contribution in [2.75, 3.05) is 39.9 Å². The number of guanidine groups is 1. The van der Waals surface area contributed by atoms with Gasteiger partial charge >= 0.3 is 0 Å². The number of rotatable bonds is 4. The number of nitrogens with zero attached hydrogens (tertiary/aromatic N) is 4. The summed E-state index contributed by atoms with van der Waals surface area (Å²) in [6, 6.07) is 8.27. The highest BCUT2D eigenvalue weighted by atomic mass is 16.5. The fourth-order valence-electron chi connectivity index (χ4n) is 4.08. The van der Waals surface area contributed by atoms with Gasteiger partial charge in [0.15, 0.2) is 5.96 Å². The lowest BCUT2D eigenvalue weighted by Gasteiger charge is -2.37. The third-order valence-electron chi connectivity index (χ3n) is 5.45. The van der Waals surface area contributed by atoms with Gasteiger partial charge in [0, 0.05) is 39.8 Å². The van der Waals surface area contributed by atoms with Crippen LogP contribution in [0.2, 0.25) is 0 Å². The SMILES string of the molecule is CN=C(NCCn1c(C)nc2ccccc21)N1CCOC(C2CCCO2)C1. The van der Waals surface area contributed by atoms with E-state index >= 15 is 0 Å². The Morgan fingerprint density at radius 1 is 1.26 bits per heavy atom. The summed E-state index contributed by atoms with van der Waals surface area (Å²) in [5.41, 5.74) is 2.23. The van der Waals surface area contributed by atoms with Gasteiger partial charge in [-0.05, 0) is 31.9 Å². The Morgan fingerprint density at radius 3 is 2.93 bits per heavy atom. The smallest absolute Gasteiger partial charge is 0.193 e. The number of benzene rings is 1. The third-order valence-corrected chi connectivity index (χ3v) is 5.45. The first-order chi connectivity index (χ1) is 13.3. The second kappa shape index (κ2) is 8.27. The molecule has 0 radical (unpaired) electrons. The summed E-state index contributed by atoms with van der Waals surface area (Å²) in [6.07, 6.45) is 2.60. The van der Waals surface area contributed by atoms with E-state index in [1.807, 2.05) is 13.1 Å². The maximum atomic E-state index is 5.95. The van der Waals surface area contributed by atoms with Gasteiger partial charge in [-0.2, -0.15) is 0 Å². The third kappa shape index (κ3) is 3.94. The summed E-state index contributed by atoms with van der Waals surface area (Å²) in [5, 5.41) is 3.51. The van der Waals surface area contributed by atoms with Crippen molar-refractivity contribution in [3.05, 3.63) is 30.1 Å². The van der Waals surface area contributed by atoms with Crippen LogP contribution in [0, 0.1) is 6.92 Å². The number of fused-ring (bicyclic) bond motifs is 1. The Bertz CT molecular complexity index is 797. The summed E-state index contributed by atoms with van der Waals surface area (Å²) in [4.78, 5) is 11.4. The molecule has 7 heteroatoms. The van der Waals surface area contributed by atoms with E-state index < -0.39 is 0 Å². The van der Waals surface area contributed by atoms with Gasteiger partial charge in [0.1, 0.15) is 11.9 Å². The van der Waals surface area contributed by atoms with Crippen LogP contribution in [0.1, 0.15) is 18.7 Å². The Balaban J connectivity index is 1.35. The molecule has 0 spiro atoms. The van der Waals surface area contributed by atoms with Gasteiger partial charge in [-0.3, -0.25) is 4.99 Å². The second-order valence-electron chi connectivity index (χ2n) is 7.18. The molecule has 0 bridgehead atoms. The molecule has 3 heterocycles. The van der Waals surface area contributed by atoms with E-state index in [9.17, 15) is 0 Å². The van der Waals surface area contributed by atoms with Crippen LogP contribution in [0.3, 0.4) is 0 Å². The summed E-state index contributed by atoms with van der Waals surface area (Å²) < 4.78 is 14.0. The minimum atomic E-state index is 0.139. The molecule has 0 amide bonds. The van der Waals surface area contributed by atoms with Crippen LogP contribution >= 0.6 is 0 Å². The first-order valence-corrected chi connectivity index (χ1v) is 9.87. The molecule has 27 heavy (non-hydrogen) atoms. The molecule has 146 valence electrons. The van der Waals surface area contributed by atoms with Crippen LogP contribution in [0.5, 0.6) is 0 Å². The minimum Gasteiger partial charge on any atom is -0.375 e. The fraction of sp³-hybridized carbons (Fsp3) is 0.600. The number of hydrogen-bond acceptors (Lipinski definition) is 4. The number of aromatic nitrogens is 2. The zero-order valence-electron chi connectivity index (χ0n) is 16.2. The van der Waals surface area contributed by atoms with Crippen LogP contribution in [0.15, 0.2) is 29.3 Å². The molecule has 1 aromatic carbocycles. The number of para-hydroxylation sites is 2. The highest BCUT2D eigenvalue weighted by Gasteiger charge is 2.32. The first-order valence-electron chi connectivity index (χ1n) is 9.87. The monoisotopic (exact) mass is 371 g/mol. The zero-order chi connectivity index (χ0) is 18.6. The summed E-state index contributed by atoms with van der Waals surface area (Å²) in [6.45, 7) is 6.98. The lowest BCUT2D eigenvalue weighted by atomic mass is 10.1. The van der Waals surface area contributed by atoms with Gasteiger partial charge in [-0.1, -0.05) is 12.1 Å². The van der Waals surface area contributed by atoms with Crippen molar-refractivity contribution in [1.82, 2.24) is 19.8 Å². The predicted molar refractivity (Wildman–Crippen MR) is 106 cm³/mol. The molecule has 2 atom stereocenters. The molecule has 2 fully saturated rings. The molecule has 0 saturated carbocycles. The Hall–Kier alpha value is -2.12. The van der Waals surface area contributed by atoms with E-state index in [-0.39, 0.29) is 12.2 Å². The van der Waals surface area contributed by atoms with Crippen molar-refractivity contribution in [2.45, 2.75) is 38.5 Å².